The number of carbonyl (C=O) groups excluding carboxylic acids is 1. The number of carbonyl (C=O) groups is 1. The highest BCUT2D eigenvalue weighted by Crippen LogP contribution is 2.59. The van der Waals surface area contributed by atoms with E-state index in [0.29, 0.717) is 22.3 Å². The zero-order valence-corrected chi connectivity index (χ0v) is 16.3. The number of nitrogens with one attached hydrogen (secondary N) is 1. The van der Waals surface area contributed by atoms with E-state index in [2.05, 4.69) is 16.4 Å². The zero-order valence-electron chi connectivity index (χ0n) is 16.3. The van der Waals surface area contributed by atoms with Crippen molar-refractivity contribution in [1.82, 2.24) is 4.98 Å². The fourth-order valence-corrected chi connectivity index (χ4v) is 4.73. The second-order valence-electron chi connectivity index (χ2n) is 7.25. The Balaban J connectivity index is 2.01. The van der Waals surface area contributed by atoms with Gasteiger partial charge >= 0.3 is 5.97 Å². The van der Waals surface area contributed by atoms with Crippen molar-refractivity contribution in [3.63, 3.8) is 0 Å². The smallest absolute Gasteiger partial charge is 0.361 e. The number of methoxy groups -OCH3 is 2. The lowest BCUT2D eigenvalue weighted by Gasteiger charge is -2.52. The molecule has 8 heteroatoms. The van der Waals surface area contributed by atoms with Crippen LogP contribution in [0.1, 0.15) is 11.1 Å². The van der Waals surface area contributed by atoms with E-state index in [1.807, 2.05) is 12.1 Å². The monoisotopic (exact) mass is 402 g/mol. The molecule has 2 unspecified atom stereocenters. The van der Waals surface area contributed by atoms with Crippen molar-refractivity contribution in [3.05, 3.63) is 65.9 Å². The number of para-hydroxylation sites is 1. The standard InChI is InChI=1S/C22H18N4O4/c1-28-22(29-2)20(24,12-23)21(14-7-3-4-8-16(14)26-19(21)27)15-10-9-13-6-5-11-25-17(13)18(15)30-22/h3-11H,24H2,1-2H3,(H,26,27). The maximum absolute atomic E-state index is 13.7. The van der Waals surface area contributed by atoms with E-state index in [1.54, 1.807) is 42.6 Å². The summed E-state index contributed by atoms with van der Waals surface area (Å²) in [6, 6.07) is 16.4. The first-order valence-electron chi connectivity index (χ1n) is 9.27. The van der Waals surface area contributed by atoms with Crippen molar-refractivity contribution in [2.24, 2.45) is 5.73 Å². The summed E-state index contributed by atoms with van der Waals surface area (Å²) in [7, 11) is 2.64. The number of nitrogens with zero attached hydrogens (tertiary/aromatic N) is 2. The van der Waals surface area contributed by atoms with Crippen LogP contribution in [-0.2, 0) is 19.7 Å². The zero-order chi connectivity index (χ0) is 21.1. The fourth-order valence-electron chi connectivity index (χ4n) is 4.73. The van der Waals surface area contributed by atoms with Gasteiger partial charge in [-0.15, -0.1) is 0 Å². The van der Waals surface area contributed by atoms with Gasteiger partial charge in [0.1, 0.15) is 10.9 Å². The van der Waals surface area contributed by atoms with Gasteiger partial charge in [0.15, 0.2) is 5.75 Å². The Morgan fingerprint density at radius 3 is 2.60 bits per heavy atom. The number of hydrogen-bond acceptors (Lipinski definition) is 7. The highest BCUT2D eigenvalue weighted by atomic mass is 16.9. The molecule has 150 valence electrons. The molecule has 3 N–H and O–H groups in total. The van der Waals surface area contributed by atoms with E-state index in [4.69, 9.17) is 19.9 Å². The molecule has 0 fully saturated rings. The van der Waals surface area contributed by atoms with Crippen molar-refractivity contribution < 1.29 is 19.0 Å². The predicted molar refractivity (Wildman–Crippen MR) is 108 cm³/mol. The van der Waals surface area contributed by atoms with Crippen LogP contribution in [0.25, 0.3) is 10.9 Å². The number of pyridine rings is 1. The molecule has 0 aliphatic carbocycles. The molecule has 3 aromatic rings. The van der Waals surface area contributed by atoms with Crippen LogP contribution in [0.4, 0.5) is 5.69 Å². The molecule has 5 rings (SSSR count). The number of aromatic nitrogens is 1. The van der Waals surface area contributed by atoms with Crippen LogP contribution in [0, 0.1) is 11.3 Å². The van der Waals surface area contributed by atoms with E-state index < -0.39 is 22.8 Å². The summed E-state index contributed by atoms with van der Waals surface area (Å²) >= 11 is 0. The molecule has 30 heavy (non-hydrogen) atoms. The number of nitrogens with two attached hydrogens (primary N) is 1. The SMILES string of the molecule is COC1(OC)Oc2c(ccc3cccnc23)C2(C(=O)Nc3ccccc32)C1(N)C#N. The largest absolute Gasteiger partial charge is 0.434 e. The molecule has 3 heterocycles. The molecular formula is C22H18N4O4. The average Bonchev–Trinajstić information content (AvgIpc) is 3.09. The van der Waals surface area contributed by atoms with Crippen LogP contribution >= 0.6 is 0 Å². The second-order valence-corrected chi connectivity index (χ2v) is 7.25. The summed E-state index contributed by atoms with van der Waals surface area (Å²) in [6.45, 7) is 0. The van der Waals surface area contributed by atoms with Crippen LogP contribution in [0.2, 0.25) is 0 Å². The van der Waals surface area contributed by atoms with Crippen molar-refractivity contribution >= 4 is 22.5 Å². The van der Waals surface area contributed by atoms with E-state index >= 15 is 0 Å². The first kappa shape index (κ1) is 18.5. The lowest BCUT2D eigenvalue weighted by molar-refractivity contribution is -0.357. The van der Waals surface area contributed by atoms with Gasteiger partial charge in [0, 0.05) is 37.1 Å². The third kappa shape index (κ3) is 1.85. The quantitative estimate of drug-likeness (QED) is 0.630. The lowest BCUT2D eigenvalue weighted by Crippen LogP contribution is -2.78. The van der Waals surface area contributed by atoms with Crippen LogP contribution in [0.3, 0.4) is 0 Å². The number of hydrogen-bond donors (Lipinski definition) is 2. The first-order chi connectivity index (χ1) is 14.5. The molecule has 2 aromatic carbocycles. The minimum absolute atomic E-state index is 0.278. The van der Waals surface area contributed by atoms with Gasteiger partial charge in [-0.3, -0.25) is 9.78 Å². The van der Waals surface area contributed by atoms with Gasteiger partial charge in [-0.05, 0) is 17.7 Å². The Bertz CT molecular complexity index is 1250. The summed E-state index contributed by atoms with van der Waals surface area (Å²) in [6.07, 6.45) is 1.62. The summed E-state index contributed by atoms with van der Waals surface area (Å²) in [5.74, 6) is -2.26. The van der Waals surface area contributed by atoms with Gasteiger partial charge < -0.3 is 25.3 Å². The molecule has 1 spiro atoms. The molecule has 0 bridgehead atoms. The van der Waals surface area contributed by atoms with Crippen molar-refractivity contribution in [1.29, 1.82) is 5.26 Å². The maximum Gasteiger partial charge on any atom is 0.361 e. The molecule has 1 aromatic heterocycles. The van der Waals surface area contributed by atoms with Gasteiger partial charge in [-0.1, -0.05) is 36.4 Å². The van der Waals surface area contributed by atoms with Crippen molar-refractivity contribution in [3.8, 4) is 11.8 Å². The maximum atomic E-state index is 13.7. The van der Waals surface area contributed by atoms with Crippen LogP contribution < -0.4 is 15.8 Å². The molecule has 2 aliphatic heterocycles. The topological polar surface area (TPSA) is 119 Å². The number of ether oxygens (including phenoxy) is 3. The molecule has 1 amide bonds. The van der Waals surface area contributed by atoms with Gasteiger partial charge in [-0.2, -0.15) is 5.26 Å². The molecular weight excluding hydrogens is 384 g/mol. The van der Waals surface area contributed by atoms with Crippen molar-refractivity contribution in [2.75, 3.05) is 19.5 Å². The highest BCUT2D eigenvalue weighted by molar-refractivity contribution is 6.12. The fraction of sp³-hybridized carbons (Fsp3) is 0.227. The van der Waals surface area contributed by atoms with Gasteiger partial charge in [-0.25, -0.2) is 0 Å². The molecule has 0 saturated carbocycles. The first-order valence-corrected chi connectivity index (χ1v) is 9.27. The normalized spacial score (nSPS) is 25.9. The number of nitriles is 1. The summed E-state index contributed by atoms with van der Waals surface area (Å²) in [5.41, 5.74) is 5.03. The lowest BCUT2D eigenvalue weighted by atomic mass is 9.59. The number of benzene rings is 2. The van der Waals surface area contributed by atoms with Crippen molar-refractivity contribution in [2.45, 2.75) is 16.9 Å². The van der Waals surface area contributed by atoms with Crippen LogP contribution in [0.15, 0.2) is 54.7 Å². The van der Waals surface area contributed by atoms with Gasteiger partial charge in [0.05, 0.1) is 6.07 Å². The molecule has 0 radical (unpaired) electrons. The minimum atomic E-state index is -2.07. The van der Waals surface area contributed by atoms with E-state index in [9.17, 15) is 10.1 Å². The highest BCUT2D eigenvalue weighted by Gasteiger charge is 2.76. The predicted octanol–water partition coefficient (Wildman–Crippen LogP) is 2.03. The Morgan fingerprint density at radius 2 is 1.87 bits per heavy atom. The van der Waals surface area contributed by atoms with Crippen LogP contribution in [0.5, 0.6) is 5.75 Å². The Morgan fingerprint density at radius 1 is 1.10 bits per heavy atom. The second kappa shape index (κ2) is 6.00. The molecule has 8 nitrogen and oxygen atoms in total. The molecule has 2 atom stereocenters. The van der Waals surface area contributed by atoms with E-state index in [0.717, 1.165) is 5.39 Å². The number of rotatable bonds is 2. The third-order valence-electron chi connectivity index (χ3n) is 6.08. The van der Waals surface area contributed by atoms with E-state index in [-0.39, 0.29) is 5.75 Å². The summed E-state index contributed by atoms with van der Waals surface area (Å²) in [5, 5.41) is 14.0. The molecule has 0 saturated heterocycles. The summed E-state index contributed by atoms with van der Waals surface area (Å²) < 4.78 is 17.3. The molecule has 2 aliphatic rings. The number of anilines is 1. The number of fused-ring (bicyclic) bond motifs is 6. The van der Waals surface area contributed by atoms with Gasteiger partial charge in [0.25, 0.3) is 0 Å². The Hall–Kier alpha value is -3.51. The summed E-state index contributed by atoms with van der Waals surface area (Å²) in [4.78, 5) is 18.1. The van der Waals surface area contributed by atoms with E-state index in [1.165, 1.54) is 14.2 Å². The number of amides is 1. The third-order valence-corrected chi connectivity index (χ3v) is 6.08. The Labute approximate surface area is 172 Å². The average molecular weight is 402 g/mol. The minimum Gasteiger partial charge on any atom is -0.434 e. The van der Waals surface area contributed by atoms with Crippen LogP contribution in [-0.4, -0.2) is 36.6 Å². The van der Waals surface area contributed by atoms with Gasteiger partial charge in [0.2, 0.25) is 11.4 Å². The Kier molecular flexibility index (Phi) is 3.70.